The molecule has 0 unspecified atom stereocenters. The monoisotopic (exact) mass is 234 g/mol. The average molecular weight is 234 g/mol. The Morgan fingerprint density at radius 3 is 2.12 bits per heavy atom. The van der Waals surface area contributed by atoms with Gasteiger partial charge in [-0.25, -0.2) is 0 Å². The van der Waals surface area contributed by atoms with Crippen LogP contribution in [-0.4, -0.2) is 20.0 Å². The van der Waals surface area contributed by atoms with E-state index in [0.717, 1.165) is 11.4 Å². The van der Waals surface area contributed by atoms with Gasteiger partial charge in [0.1, 0.15) is 0 Å². The minimum atomic E-state index is 0.0215. The smallest absolute Gasteiger partial charge is 0.224 e. The zero-order chi connectivity index (χ0) is 13.1. The highest BCUT2D eigenvalue weighted by Gasteiger charge is 2.15. The van der Waals surface area contributed by atoms with Crippen molar-refractivity contribution in [3.8, 4) is 0 Å². The Morgan fingerprint density at radius 1 is 1.18 bits per heavy atom. The van der Waals surface area contributed by atoms with E-state index in [9.17, 15) is 4.79 Å². The molecular formula is C14H22N2O. The highest BCUT2D eigenvalue weighted by molar-refractivity contribution is 5.91. The molecule has 1 aromatic rings. The minimum absolute atomic E-state index is 0.0215. The molecule has 0 aliphatic carbocycles. The van der Waals surface area contributed by atoms with Crippen molar-refractivity contribution < 1.29 is 4.79 Å². The topological polar surface area (TPSA) is 32.3 Å². The first kappa shape index (κ1) is 13.6. The number of carbonyl (C=O) groups is 1. The van der Waals surface area contributed by atoms with Gasteiger partial charge in [0.2, 0.25) is 5.91 Å². The SMILES string of the molecule is CN(C)c1ccc(NC(=O)CC(C)(C)C)cc1. The lowest BCUT2D eigenvalue weighted by Crippen LogP contribution is -2.19. The van der Waals surface area contributed by atoms with Gasteiger partial charge in [-0.15, -0.1) is 0 Å². The largest absolute Gasteiger partial charge is 0.378 e. The molecular weight excluding hydrogens is 212 g/mol. The molecule has 0 aliphatic rings. The molecule has 0 bridgehead atoms. The molecule has 0 heterocycles. The summed E-state index contributed by atoms with van der Waals surface area (Å²) in [6, 6.07) is 7.84. The lowest BCUT2D eigenvalue weighted by atomic mass is 9.92. The Kier molecular flexibility index (Phi) is 4.16. The number of benzene rings is 1. The Hall–Kier alpha value is -1.51. The summed E-state index contributed by atoms with van der Waals surface area (Å²) in [7, 11) is 3.99. The van der Waals surface area contributed by atoms with Gasteiger partial charge in [0.05, 0.1) is 0 Å². The molecule has 17 heavy (non-hydrogen) atoms. The van der Waals surface area contributed by atoms with Crippen LogP contribution in [-0.2, 0) is 4.79 Å². The predicted molar refractivity (Wildman–Crippen MR) is 73.5 cm³/mol. The summed E-state index contributed by atoms with van der Waals surface area (Å²) in [5.41, 5.74) is 2.00. The van der Waals surface area contributed by atoms with Crippen molar-refractivity contribution in [2.45, 2.75) is 27.2 Å². The van der Waals surface area contributed by atoms with E-state index in [-0.39, 0.29) is 11.3 Å². The van der Waals surface area contributed by atoms with Crippen LogP contribution < -0.4 is 10.2 Å². The van der Waals surface area contributed by atoms with E-state index in [1.165, 1.54) is 0 Å². The molecule has 0 saturated carbocycles. The van der Waals surface area contributed by atoms with E-state index in [1.807, 2.05) is 43.3 Å². The third-order valence-corrected chi connectivity index (χ3v) is 2.36. The second-order valence-corrected chi connectivity index (χ2v) is 5.73. The standard InChI is InChI=1S/C14H22N2O/c1-14(2,3)10-13(17)15-11-6-8-12(9-7-11)16(4)5/h6-9H,10H2,1-5H3,(H,15,17). The van der Waals surface area contributed by atoms with Gasteiger partial charge in [0.25, 0.3) is 0 Å². The summed E-state index contributed by atoms with van der Waals surface area (Å²) in [6.07, 6.45) is 0.530. The Bertz CT molecular complexity index is 374. The van der Waals surface area contributed by atoms with E-state index >= 15 is 0 Å². The van der Waals surface area contributed by atoms with Gasteiger partial charge in [-0.2, -0.15) is 0 Å². The first-order chi connectivity index (χ1) is 7.78. The minimum Gasteiger partial charge on any atom is -0.378 e. The van der Waals surface area contributed by atoms with Crippen LogP contribution in [0.1, 0.15) is 27.2 Å². The summed E-state index contributed by atoms with van der Waals surface area (Å²) in [4.78, 5) is 13.8. The second kappa shape index (κ2) is 5.21. The lowest BCUT2D eigenvalue weighted by Gasteiger charge is -2.17. The fourth-order valence-electron chi connectivity index (χ4n) is 1.53. The number of hydrogen-bond donors (Lipinski definition) is 1. The number of hydrogen-bond acceptors (Lipinski definition) is 2. The fraction of sp³-hybridized carbons (Fsp3) is 0.500. The van der Waals surface area contributed by atoms with Crippen LogP contribution in [0.3, 0.4) is 0 Å². The maximum absolute atomic E-state index is 11.7. The number of amides is 1. The molecule has 1 rings (SSSR count). The van der Waals surface area contributed by atoms with Gasteiger partial charge < -0.3 is 10.2 Å². The average Bonchev–Trinajstić information content (AvgIpc) is 2.15. The van der Waals surface area contributed by atoms with Crippen molar-refractivity contribution in [3.63, 3.8) is 0 Å². The first-order valence-electron chi connectivity index (χ1n) is 5.85. The van der Waals surface area contributed by atoms with Crippen LogP contribution >= 0.6 is 0 Å². The quantitative estimate of drug-likeness (QED) is 0.871. The summed E-state index contributed by atoms with van der Waals surface area (Å²) in [5, 5.41) is 2.91. The van der Waals surface area contributed by atoms with E-state index in [1.54, 1.807) is 0 Å². The second-order valence-electron chi connectivity index (χ2n) is 5.73. The van der Waals surface area contributed by atoms with E-state index in [4.69, 9.17) is 0 Å². The Labute approximate surface area is 104 Å². The molecule has 1 amide bonds. The molecule has 3 heteroatoms. The van der Waals surface area contributed by atoms with Gasteiger partial charge in [0, 0.05) is 31.9 Å². The number of nitrogens with one attached hydrogen (secondary N) is 1. The molecule has 0 saturated heterocycles. The summed E-state index contributed by atoms with van der Waals surface area (Å²) >= 11 is 0. The molecule has 0 spiro atoms. The number of rotatable bonds is 3. The van der Waals surface area contributed by atoms with E-state index in [2.05, 4.69) is 26.1 Å². The fourth-order valence-corrected chi connectivity index (χ4v) is 1.53. The number of nitrogens with zero attached hydrogens (tertiary/aromatic N) is 1. The first-order valence-corrected chi connectivity index (χ1v) is 5.85. The van der Waals surface area contributed by atoms with Crippen LogP contribution in [0.4, 0.5) is 11.4 Å². The third-order valence-electron chi connectivity index (χ3n) is 2.36. The van der Waals surface area contributed by atoms with Crippen LogP contribution in [0.15, 0.2) is 24.3 Å². The van der Waals surface area contributed by atoms with E-state index in [0.29, 0.717) is 6.42 Å². The molecule has 3 nitrogen and oxygen atoms in total. The molecule has 94 valence electrons. The van der Waals surface area contributed by atoms with Crippen LogP contribution in [0.2, 0.25) is 0 Å². The molecule has 0 atom stereocenters. The van der Waals surface area contributed by atoms with Crippen molar-refractivity contribution in [1.29, 1.82) is 0 Å². The Balaban J connectivity index is 2.61. The van der Waals surface area contributed by atoms with Crippen molar-refractivity contribution in [1.82, 2.24) is 0 Å². The molecule has 1 aromatic carbocycles. The van der Waals surface area contributed by atoms with Crippen LogP contribution in [0.25, 0.3) is 0 Å². The molecule has 0 radical (unpaired) electrons. The van der Waals surface area contributed by atoms with Gasteiger partial charge in [0.15, 0.2) is 0 Å². The van der Waals surface area contributed by atoms with Gasteiger partial charge in [-0.05, 0) is 29.7 Å². The Morgan fingerprint density at radius 2 is 1.71 bits per heavy atom. The summed E-state index contributed by atoms with van der Waals surface area (Å²) < 4.78 is 0. The van der Waals surface area contributed by atoms with Crippen LogP contribution in [0, 0.1) is 5.41 Å². The zero-order valence-corrected chi connectivity index (χ0v) is 11.4. The normalized spacial score (nSPS) is 11.1. The molecule has 0 aromatic heterocycles. The van der Waals surface area contributed by atoms with Crippen LogP contribution in [0.5, 0.6) is 0 Å². The van der Waals surface area contributed by atoms with E-state index < -0.39 is 0 Å². The highest BCUT2D eigenvalue weighted by atomic mass is 16.1. The third kappa shape index (κ3) is 4.89. The maximum atomic E-state index is 11.7. The van der Waals surface area contributed by atoms with Crippen molar-refractivity contribution in [3.05, 3.63) is 24.3 Å². The van der Waals surface area contributed by atoms with Gasteiger partial charge in [-0.3, -0.25) is 4.79 Å². The number of anilines is 2. The zero-order valence-electron chi connectivity index (χ0n) is 11.4. The van der Waals surface area contributed by atoms with Crippen molar-refractivity contribution in [2.75, 3.05) is 24.3 Å². The molecule has 0 aliphatic heterocycles. The molecule has 0 fully saturated rings. The predicted octanol–water partition coefficient (Wildman–Crippen LogP) is 3.13. The highest BCUT2D eigenvalue weighted by Crippen LogP contribution is 2.20. The molecule has 1 N–H and O–H groups in total. The lowest BCUT2D eigenvalue weighted by molar-refractivity contribution is -0.117. The summed E-state index contributed by atoms with van der Waals surface area (Å²) in [5.74, 6) is 0.0649. The number of carbonyl (C=O) groups excluding carboxylic acids is 1. The maximum Gasteiger partial charge on any atom is 0.224 e. The van der Waals surface area contributed by atoms with Gasteiger partial charge in [-0.1, -0.05) is 20.8 Å². The van der Waals surface area contributed by atoms with Crippen molar-refractivity contribution in [2.24, 2.45) is 5.41 Å². The summed E-state index contributed by atoms with van der Waals surface area (Å²) in [6.45, 7) is 6.17. The van der Waals surface area contributed by atoms with Gasteiger partial charge >= 0.3 is 0 Å². The van der Waals surface area contributed by atoms with Crippen molar-refractivity contribution >= 4 is 17.3 Å².